The number of halogens is 3. The van der Waals surface area contributed by atoms with Crippen LogP contribution in [0.3, 0.4) is 0 Å². The molecule has 1 fully saturated rings. The Balaban J connectivity index is 1.51. The van der Waals surface area contributed by atoms with Gasteiger partial charge in [-0.2, -0.15) is 0 Å². The number of nitrogens with zero attached hydrogens (tertiary/aromatic N) is 1. The van der Waals surface area contributed by atoms with Crippen molar-refractivity contribution in [2.45, 2.75) is 39.0 Å². The highest BCUT2D eigenvalue weighted by atomic mass is 35.5. The Morgan fingerprint density at radius 3 is 2.57 bits per heavy atom. The van der Waals surface area contributed by atoms with E-state index in [-0.39, 0.29) is 12.5 Å². The fraction of sp³-hybridized carbons (Fsp3) is 0.355. The first-order chi connectivity index (χ1) is 17.0. The number of alkyl halides is 1. The average Bonchev–Trinajstić information content (AvgIpc) is 3.01. The van der Waals surface area contributed by atoms with Crippen molar-refractivity contribution in [3.8, 4) is 0 Å². The van der Waals surface area contributed by atoms with Crippen molar-refractivity contribution in [2.75, 3.05) is 26.3 Å². The third kappa shape index (κ3) is 5.22. The standard InChI is InChI=1S/C31H32ClF2N/c1-21-16-26(32)12-13-27(21)29-9-4-7-23-6-2-3-8-28(23)31(29)25-11-10-24(30(34)18-25)17-22-19-35(20-22)15-5-14-33/h2-3,6,8,10-13,16,18,22H,4-5,7,9,14-15,17,19-20H2,1H3. The van der Waals surface area contributed by atoms with E-state index in [1.807, 2.05) is 18.2 Å². The molecular formula is C31H32ClF2N. The van der Waals surface area contributed by atoms with Gasteiger partial charge in [-0.15, -0.1) is 0 Å². The molecule has 0 amide bonds. The first kappa shape index (κ1) is 24.2. The molecule has 3 aromatic rings. The van der Waals surface area contributed by atoms with Crippen molar-refractivity contribution < 1.29 is 8.78 Å². The SMILES string of the molecule is Cc1cc(Cl)ccc1C1=C(c2ccc(CC3CN(CCCF)C3)c(F)c2)c2ccccc2CCC1. The number of rotatable bonds is 7. The Morgan fingerprint density at radius 2 is 1.80 bits per heavy atom. The van der Waals surface area contributed by atoms with Crippen molar-refractivity contribution in [2.24, 2.45) is 5.92 Å². The number of allylic oxidation sites excluding steroid dienone is 1. The van der Waals surface area contributed by atoms with Crippen molar-refractivity contribution in [3.63, 3.8) is 0 Å². The smallest absolute Gasteiger partial charge is 0.127 e. The highest BCUT2D eigenvalue weighted by molar-refractivity contribution is 6.30. The number of hydrogen-bond donors (Lipinski definition) is 0. The Bertz CT molecular complexity index is 1240. The fourth-order valence-corrected chi connectivity index (χ4v) is 5.97. The summed E-state index contributed by atoms with van der Waals surface area (Å²) in [6.07, 6.45) is 4.32. The van der Waals surface area contributed by atoms with Crippen LogP contribution in [-0.4, -0.2) is 31.2 Å². The summed E-state index contributed by atoms with van der Waals surface area (Å²) in [4.78, 5) is 2.25. The van der Waals surface area contributed by atoms with E-state index in [1.54, 1.807) is 6.07 Å². The molecule has 0 saturated carbocycles. The number of benzene rings is 3. The van der Waals surface area contributed by atoms with Gasteiger partial charge in [0.05, 0.1) is 6.67 Å². The quantitative estimate of drug-likeness (QED) is 0.324. The van der Waals surface area contributed by atoms with Crippen molar-refractivity contribution in [1.82, 2.24) is 4.90 Å². The second-order valence-electron chi connectivity index (χ2n) is 10.0. The fourth-order valence-electron chi connectivity index (χ4n) is 5.74. The summed E-state index contributed by atoms with van der Waals surface area (Å²) < 4.78 is 27.9. The summed E-state index contributed by atoms with van der Waals surface area (Å²) >= 11 is 6.27. The van der Waals surface area contributed by atoms with Crippen molar-refractivity contribution in [1.29, 1.82) is 0 Å². The van der Waals surface area contributed by atoms with Gasteiger partial charge in [0.1, 0.15) is 5.82 Å². The van der Waals surface area contributed by atoms with Gasteiger partial charge < -0.3 is 4.90 Å². The average molecular weight is 492 g/mol. The predicted octanol–water partition coefficient (Wildman–Crippen LogP) is 7.92. The van der Waals surface area contributed by atoms with E-state index < -0.39 is 0 Å². The molecule has 1 aliphatic heterocycles. The zero-order chi connectivity index (χ0) is 24.4. The van der Waals surface area contributed by atoms with Gasteiger partial charge in [0.2, 0.25) is 0 Å². The van der Waals surface area contributed by atoms with Crippen molar-refractivity contribution >= 4 is 22.7 Å². The lowest BCUT2D eigenvalue weighted by molar-refractivity contribution is 0.0962. The molecular weight excluding hydrogens is 460 g/mol. The van der Waals surface area contributed by atoms with E-state index in [4.69, 9.17) is 11.6 Å². The molecule has 0 spiro atoms. The molecule has 0 aromatic heterocycles. The molecule has 1 heterocycles. The van der Waals surface area contributed by atoms with E-state index in [0.717, 1.165) is 72.6 Å². The number of fused-ring (bicyclic) bond motifs is 1. The summed E-state index contributed by atoms with van der Waals surface area (Å²) in [5, 5.41) is 0.733. The maximum absolute atomic E-state index is 15.5. The highest BCUT2D eigenvalue weighted by Crippen LogP contribution is 2.41. The van der Waals surface area contributed by atoms with Crippen LogP contribution in [0.2, 0.25) is 5.02 Å². The van der Waals surface area contributed by atoms with Crippen LogP contribution in [0.5, 0.6) is 0 Å². The molecule has 1 nitrogen and oxygen atoms in total. The molecule has 0 bridgehead atoms. The van der Waals surface area contributed by atoms with Crippen LogP contribution in [0, 0.1) is 18.7 Å². The van der Waals surface area contributed by atoms with Crippen LogP contribution < -0.4 is 0 Å². The van der Waals surface area contributed by atoms with Crippen LogP contribution in [-0.2, 0) is 12.8 Å². The first-order valence-electron chi connectivity index (χ1n) is 12.7. The Labute approximate surface area is 212 Å². The van der Waals surface area contributed by atoms with Crippen LogP contribution >= 0.6 is 11.6 Å². The molecule has 5 rings (SSSR count). The second-order valence-corrected chi connectivity index (χ2v) is 10.4. The lowest BCUT2D eigenvalue weighted by atomic mass is 9.85. The summed E-state index contributed by atoms with van der Waals surface area (Å²) in [6.45, 7) is 4.49. The Kier molecular flexibility index (Phi) is 7.36. The summed E-state index contributed by atoms with van der Waals surface area (Å²) in [5.74, 6) is 0.311. The van der Waals surface area contributed by atoms with Gasteiger partial charge in [0.25, 0.3) is 0 Å². The minimum absolute atomic E-state index is 0.133. The molecule has 0 atom stereocenters. The number of likely N-dealkylation sites (tertiary alicyclic amines) is 1. The lowest BCUT2D eigenvalue weighted by Crippen LogP contribution is -2.48. The molecule has 182 valence electrons. The highest BCUT2D eigenvalue weighted by Gasteiger charge is 2.27. The van der Waals surface area contributed by atoms with Gasteiger partial charge in [0, 0.05) is 24.7 Å². The topological polar surface area (TPSA) is 3.24 Å². The monoisotopic (exact) mass is 491 g/mol. The first-order valence-corrected chi connectivity index (χ1v) is 13.1. The maximum Gasteiger partial charge on any atom is 0.127 e. The third-order valence-electron chi connectivity index (χ3n) is 7.47. The predicted molar refractivity (Wildman–Crippen MR) is 142 cm³/mol. The van der Waals surface area contributed by atoms with Crippen LogP contribution in [0.4, 0.5) is 8.78 Å². The molecule has 1 saturated heterocycles. The molecule has 1 aliphatic carbocycles. The van der Waals surface area contributed by atoms with Crippen molar-refractivity contribution in [3.05, 3.63) is 105 Å². The summed E-state index contributed by atoms with van der Waals surface area (Å²) in [7, 11) is 0. The normalized spacial score (nSPS) is 16.7. The summed E-state index contributed by atoms with van der Waals surface area (Å²) in [6, 6.07) is 20.4. The largest absolute Gasteiger partial charge is 0.303 e. The Hall–Kier alpha value is -2.49. The molecule has 3 aromatic carbocycles. The van der Waals surface area contributed by atoms with Gasteiger partial charge in [0.15, 0.2) is 0 Å². The molecule has 4 heteroatoms. The van der Waals surface area contributed by atoms with Gasteiger partial charge in [-0.3, -0.25) is 4.39 Å². The molecule has 2 aliphatic rings. The molecule has 0 N–H and O–H groups in total. The molecule has 35 heavy (non-hydrogen) atoms. The van der Waals surface area contributed by atoms with Crippen LogP contribution in [0.15, 0.2) is 60.7 Å². The van der Waals surface area contributed by atoms with E-state index in [2.05, 4.69) is 48.2 Å². The van der Waals surface area contributed by atoms with Crippen LogP contribution in [0.1, 0.15) is 52.6 Å². The zero-order valence-corrected chi connectivity index (χ0v) is 21.1. The number of hydrogen-bond acceptors (Lipinski definition) is 1. The third-order valence-corrected chi connectivity index (χ3v) is 7.70. The minimum atomic E-state index is -0.270. The number of aryl methyl sites for hydroxylation is 2. The van der Waals surface area contributed by atoms with E-state index in [9.17, 15) is 4.39 Å². The Morgan fingerprint density at radius 1 is 0.971 bits per heavy atom. The van der Waals surface area contributed by atoms with E-state index in [0.29, 0.717) is 12.3 Å². The van der Waals surface area contributed by atoms with Gasteiger partial charge in [-0.1, -0.05) is 54.1 Å². The lowest BCUT2D eigenvalue weighted by Gasteiger charge is -2.39. The second kappa shape index (κ2) is 10.6. The summed E-state index contributed by atoms with van der Waals surface area (Å²) in [5.41, 5.74) is 8.95. The zero-order valence-electron chi connectivity index (χ0n) is 20.3. The van der Waals surface area contributed by atoms with E-state index >= 15 is 4.39 Å². The van der Waals surface area contributed by atoms with Gasteiger partial charge in [-0.25, -0.2) is 4.39 Å². The van der Waals surface area contributed by atoms with Crippen LogP contribution in [0.25, 0.3) is 11.1 Å². The maximum atomic E-state index is 15.5. The van der Waals surface area contributed by atoms with Gasteiger partial charge in [-0.05, 0) is 108 Å². The molecule has 0 unspecified atom stereocenters. The van der Waals surface area contributed by atoms with Gasteiger partial charge >= 0.3 is 0 Å². The molecule has 0 radical (unpaired) electrons. The minimum Gasteiger partial charge on any atom is -0.303 e. The van der Waals surface area contributed by atoms with E-state index in [1.165, 1.54) is 22.3 Å².